The average molecular weight is 575 g/mol. The van der Waals surface area contributed by atoms with E-state index in [1.807, 2.05) is 36.1 Å². The van der Waals surface area contributed by atoms with E-state index in [1.54, 1.807) is 13.3 Å². The number of benzene rings is 2. The number of nitrogens with two attached hydrogens (primary N) is 2. The minimum absolute atomic E-state index is 0.0482. The fourth-order valence-electron chi connectivity index (χ4n) is 5.54. The molecule has 11 heteroatoms. The second-order valence-corrected chi connectivity index (χ2v) is 10.7. The summed E-state index contributed by atoms with van der Waals surface area (Å²) in [6, 6.07) is 7.87. The highest BCUT2D eigenvalue weighted by molar-refractivity contribution is 6.36. The Balaban J connectivity index is 1.69. The first kappa shape index (κ1) is 28.4. The standard InChI is InChI=1S/C30H35ClN8O2/c1-5-24(40)38-11-8-21(9-12-38)39-18(3)25(27-26-23(35-36-30(26)33)14-17(2)28(27)31)29(37-39)19-6-7-22(32)20(15-19)16-34-10-13-41-4/h5-7,14-16,21H,1,8-13,32H2,2-4H3,(H3,33,35,36). The number of H-pyrrole nitrogens is 1. The lowest BCUT2D eigenvalue weighted by Crippen LogP contribution is -2.38. The lowest BCUT2D eigenvalue weighted by atomic mass is 9.93. The van der Waals surface area contributed by atoms with Gasteiger partial charge in [0.1, 0.15) is 5.69 Å². The van der Waals surface area contributed by atoms with Gasteiger partial charge in [-0.2, -0.15) is 10.2 Å². The van der Waals surface area contributed by atoms with E-state index in [2.05, 4.69) is 33.4 Å². The van der Waals surface area contributed by atoms with Gasteiger partial charge in [-0.1, -0.05) is 24.2 Å². The normalized spacial score (nSPS) is 14.4. The second-order valence-electron chi connectivity index (χ2n) is 10.3. The number of carbonyl (C=O) groups excluding carboxylic acids is 1. The molecule has 0 radical (unpaired) electrons. The maximum atomic E-state index is 12.2. The summed E-state index contributed by atoms with van der Waals surface area (Å²) in [4.78, 5) is 18.5. The Hall–Kier alpha value is -4.15. The SMILES string of the molecule is C=CC(=O)N1CCC(n2nc(-c3ccc(N)c(C=NCCOC)c3)c(-c3c(Cl)c(C)cc4[nH]nc(N)c34)c2C)CC1. The molecule has 5 N–H and O–H groups in total. The fraction of sp³-hybridized carbons (Fsp3) is 0.333. The predicted octanol–water partition coefficient (Wildman–Crippen LogP) is 4.94. The number of likely N-dealkylation sites (tertiary alicyclic amines) is 1. The molecule has 214 valence electrons. The van der Waals surface area contributed by atoms with Gasteiger partial charge in [0, 0.05) is 60.0 Å². The van der Waals surface area contributed by atoms with Gasteiger partial charge in [-0.3, -0.25) is 19.6 Å². The Morgan fingerprint density at radius 3 is 2.71 bits per heavy atom. The molecular weight excluding hydrogens is 540 g/mol. The van der Waals surface area contributed by atoms with Crippen LogP contribution in [0.1, 0.15) is 35.7 Å². The lowest BCUT2D eigenvalue weighted by molar-refractivity contribution is -0.127. The first-order valence-corrected chi connectivity index (χ1v) is 13.9. The van der Waals surface area contributed by atoms with Crippen LogP contribution >= 0.6 is 11.6 Å². The summed E-state index contributed by atoms with van der Waals surface area (Å²) in [5, 5.41) is 13.9. The summed E-state index contributed by atoms with van der Waals surface area (Å²) in [5.74, 6) is 0.322. The number of rotatable bonds is 8. The Labute approximate surface area is 244 Å². The third-order valence-corrected chi connectivity index (χ3v) is 8.20. The molecule has 0 atom stereocenters. The van der Waals surface area contributed by atoms with Crippen LogP contribution in [-0.2, 0) is 9.53 Å². The number of aromatic nitrogens is 4. The topological polar surface area (TPSA) is 140 Å². The van der Waals surface area contributed by atoms with E-state index >= 15 is 0 Å². The molecule has 0 saturated carbocycles. The number of hydrogen-bond acceptors (Lipinski definition) is 7. The number of nitrogens with one attached hydrogen (secondary N) is 1. The molecule has 0 spiro atoms. The molecule has 3 heterocycles. The summed E-state index contributed by atoms with van der Waals surface area (Å²) >= 11 is 7.05. The van der Waals surface area contributed by atoms with Crippen molar-refractivity contribution in [3.63, 3.8) is 0 Å². The molecule has 10 nitrogen and oxygen atoms in total. The number of ether oxygens (including phenoxy) is 1. The Kier molecular flexibility index (Phi) is 8.14. The number of aliphatic imine (C=N–C) groups is 1. The minimum Gasteiger partial charge on any atom is -0.398 e. The molecule has 2 aromatic heterocycles. The summed E-state index contributed by atoms with van der Waals surface area (Å²) in [7, 11) is 1.64. The maximum Gasteiger partial charge on any atom is 0.245 e. The molecule has 4 aromatic rings. The van der Waals surface area contributed by atoms with Gasteiger partial charge in [0.2, 0.25) is 5.91 Å². The van der Waals surface area contributed by atoms with Gasteiger partial charge in [0.05, 0.1) is 35.1 Å². The number of hydrogen-bond donors (Lipinski definition) is 3. The van der Waals surface area contributed by atoms with Crippen molar-refractivity contribution < 1.29 is 9.53 Å². The zero-order chi connectivity index (χ0) is 29.3. The molecule has 41 heavy (non-hydrogen) atoms. The van der Waals surface area contributed by atoms with Crippen LogP contribution in [-0.4, -0.2) is 70.4 Å². The van der Waals surface area contributed by atoms with Crippen LogP contribution in [0.2, 0.25) is 5.02 Å². The van der Waals surface area contributed by atoms with Crippen LogP contribution in [0.5, 0.6) is 0 Å². The summed E-state index contributed by atoms with van der Waals surface area (Å²) in [6.07, 6.45) is 4.67. The Morgan fingerprint density at radius 2 is 2.00 bits per heavy atom. The Bertz CT molecular complexity index is 1650. The number of fused-ring (bicyclic) bond motifs is 1. The van der Waals surface area contributed by atoms with Crippen LogP contribution in [0.4, 0.5) is 11.5 Å². The Morgan fingerprint density at radius 1 is 1.24 bits per heavy atom. The highest BCUT2D eigenvalue weighted by Gasteiger charge is 2.30. The van der Waals surface area contributed by atoms with E-state index < -0.39 is 0 Å². The fourth-order valence-corrected chi connectivity index (χ4v) is 5.78. The molecular formula is C30H35ClN8O2. The van der Waals surface area contributed by atoms with E-state index in [1.165, 1.54) is 6.08 Å². The molecule has 1 amide bonds. The molecule has 1 aliphatic heterocycles. The number of aromatic amines is 1. The number of amides is 1. The maximum absolute atomic E-state index is 12.2. The molecule has 0 aliphatic carbocycles. The summed E-state index contributed by atoms with van der Waals surface area (Å²) in [5.41, 5.74) is 20.1. The van der Waals surface area contributed by atoms with Crippen LogP contribution < -0.4 is 11.5 Å². The minimum atomic E-state index is -0.0482. The molecule has 5 rings (SSSR count). The first-order chi connectivity index (χ1) is 19.7. The van der Waals surface area contributed by atoms with Crippen molar-refractivity contribution >= 4 is 46.1 Å². The van der Waals surface area contributed by atoms with Crippen molar-refractivity contribution in [1.29, 1.82) is 0 Å². The van der Waals surface area contributed by atoms with Crippen LogP contribution in [0.3, 0.4) is 0 Å². The molecule has 1 saturated heterocycles. The van der Waals surface area contributed by atoms with Crippen molar-refractivity contribution in [2.24, 2.45) is 4.99 Å². The van der Waals surface area contributed by atoms with E-state index in [-0.39, 0.29) is 11.9 Å². The number of carbonyl (C=O) groups is 1. The smallest absolute Gasteiger partial charge is 0.245 e. The zero-order valence-corrected chi connectivity index (χ0v) is 24.3. The number of methoxy groups -OCH3 is 1. The van der Waals surface area contributed by atoms with Crippen LogP contribution in [0.15, 0.2) is 41.9 Å². The quantitative estimate of drug-likeness (QED) is 0.118. The summed E-state index contributed by atoms with van der Waals surface area (Å²) in [6.45, 7) is 9.97. The third kappa shape index (κ3) is 5.32. The van der Waals surface area contributed by atoms with Crippen molar-refractivity contribution in [1.82, 2.24) is 24.9 Å². The summed E-state index contributed by atoms with van der Waals surface area (Å²) < 4.78 is 7.18. The molecule has 0 unspecified atom stereocenters. The number of nitrogens with zero attached hydrogens (tertiary/aromatic N) is 5. The van der Waals surface area contributed by atoms with Gasteiger partial charge < -0.3 is 21.1 Å². The van der Waals surface area contributed by atoms with Gasteiger partial charge in [0.15, 0.2) is 5.82 Å². The van der Waals surface area contributed by atoms with Crippen LogP contribution in [0, 0.1) is 13.8 Å². The van der Waals surface area contributed by atoms with Crippen molar-refractivity contribution in [3.8, 4) is 22.4 Å². The molecule has 1 fully saturated rings. The van der Waals surface area contributed by atoms with Crippen LogP contribution in [0.25, 0.3) is 33.3 Å². The number of anilines is 2. The van der Waals surface area contributed by atoms with Gasteiger partial charge in [0.25, 0.3) is 0 Å². The monoisotopic (exact) mass is 574 g/mol. The van der Waals surface area contributed by atoms with E-state index in [0.717, 1.165) is 62.9 Å². The van der Waals surface area contributed by atoms with Crippen molar-refractivity contribution in [3.05, 3.63) is 58.8 Å². The van der Waals surface area contributed by atoms with Crippen molar-refractivity contribution in [2.45, 2.75) is 32.7 Å². The van der Waals surface area contributed by atoms with Gasteiger partial charge in [-0.25, -0.2) is 0 Å². The predicted molar refractivity (Wildman–Crippen MR) is 165 cm³/mol. The average Bonchev–Trinajstić information content (AvgIpc) is 3.51. The molecule has 2 aromatic carbocycles. The highest BCUT2D eigenvalue weighted by atomic mass is 35.5. The van der Waals surface area contributed by atoms with Gasteiger partial charge >= 0.3 is 0 Å². The third-order valence-electron chi connectivity index (χ3n) is 7.71. The number of piperidine rings is 1. The van der Waals surface area contributed by atoms with Crippen molar-refractivity contribution in [2.75, 3.05) is 44.8 Å². The number of aryl methyl sites for hydroxylation is 1. The molecule has 0 bridgehead atoms. The largest absolute Gasteiger partial charge is 0.398 e. The lowest BCUT2D eigenvalue weighted by Gasteiger charge is -2.32. The van der Waals surface area contributed by atoms with E-state index in [4.69, 9.17) is 32.9 Å². The van der Waals surface area contributed by atoms with E-state index in [0.29, 0.717) is 42.8 Å². The van der Waals surface area contributed by atoms with E-state index in [9.17, 15) is 4.79 Å². The van der Waals surface area contributed by atoms with Gasteiger partial charge in [-0.15, -0.1) is 0 Å². The second kappa shape index (κ2) is 11.8. The zero-order valence-electron chi connectivity index (χ0n) is 23.6. The number of nitrogen functional groups attached to an aromatic ring is 2. The first-order valence-electron chi connectivity index (χ1n) is 13.6. The number of halogens is 1. The molecule has 1 aliphatic rings. The van der Waals surface area contributed by atoms with Gasteiger partial charge in [-0.05, 0) is 56.5 Å². The highest BCUT2D eigenvalue weighted by Crippen LogP contribution is 2.46.